The molecule has 28 heavy (non-hydrogen) atoms. The van der Waals surface area contributed by atoms with Gasteiger partial charge in [-0.3, -0.25) is 8.86 Å². The van der Waals surface area contributed by atoms with Crippen molar-refractivity contribution >= 4 is 22.9 Å². The highest BCUT2D eigenvalue weighted by atomic mass is 32.2. The topological polar surface area (TPSA) is 87.1 Å². The van der Waals surface area contributed by atoms with Gasteiger partial charge in [-0.1, -0.05) is 38.1 Å². The van der Waals surface area contributed by atoms with Crippen LogP contribution in [0.4, 0.5) is 5.69 Å². The Kier molecular flexibility index (Phi) is 6.85. The van der Waals surface area contributed by atoms with E-state index in [9.17, 15) is 18.7 Å². The van der Waals surface area contributed by atoms with E-state index in [1.807, 2.05) is 0 Å². The molecule has 2 aromatic rings. The summed E-state index contributed by atoms with van der Waals surface area (Å²) in [6, 6.07) is 12.8. The Morgan fingerprint density at radius 2 is 1.46 bits per heavy atom. The van der Waals surface area contributed by atoms with Gasteiger partial charge in [0.05, 0.1) is 5.69 Å². The number of benzene rings is 2. The normalized spacial score (nSPS) is 13.8. The molecule has 0 heterocycles. The summed E-state index contributed by atoms with van der Waals surface area (Å²) in [4.78, 5) is 12.7. The van der Waals surface area contributed by atoms with E-state index in [2.05, 4.69) is 0 Å². The van der Waals surface area contributed by atoms with Gasteiger partial charge in [0, 0.05) is 0 Å². The van der Waals surface area contributed by atoms with Crippen molar-refractivity contribution in [2.75, 3.05) is 4.31 Å². The van der Waals surface area contributed by atoms with Gasteiger partial charge in [-0.15, -0.1) is 0 Å². The molecule has 2 N–H and O–H groups in total. The molecule has 7 heteroatoms. The number of hydrogen-bond donors (Lipinski definition) is 2. The summed E-state index contributed by atoms with van der Waals surface area (Å²) in [7, 11) is 0. The van der Waals surface area contributed by atoms with Gasteiger partial charge in [0.15, 0.2) is 0 Å². The summed E-state index contributed by atoms with van der Waals surface area (Å²) < 4.78 is 28.7. The van der Waals surface area contributed by atoms with Gasteiger partial charge < -0.3 is 9.84 Å². The number of rotatable bonds is 6. The van der Waals surface area contributed by atoms with Crippen molar-refractivity contribution in [2.45, 2.75) is 46.3 Å². The predicted molar refractivity (Wildman–Crippen MR) is 111 cm³/mol. The fraction of sp³-hybridized carbons (Fsp3) is 0.381. The molecule has 2 atom stereocenters. The average Bonchev–Trinajstić information content (AvgIpc) is 2.58. The van der Waals surface area contributed by atoms with Crippen LogP contribution in [0.25, 0.3) is 11.1 Å². The van der Waals surface area contributed by atoms with E-state index in [1.54, 1.807) is 83.1 Å². The molecular weight excluding hydrogens is 378 g/mol. The van der Waals surface area contributed by atoms with Crippen molar-refractivity contribution in [1.82, 2.24) is 0 Å². The number of nitrogens with zero attached hydrogens (tertiary/aromatic N) is 1. The van der Waals surface area contributed by atoms with Crippen LogP contribution in [0.1, 0.15) is 34.6 Å². The maximum absolute atomic E-state index is 12.7. The molecule has 0 saturated heterocycles. The van der Waals surface area contributed by atoms with Crippen LogP contribution in [0, 0.1) is 5.92 Å². The van der Waals surface area contributed by atoms with E-state index >= 15 is 0 Å². The molecule has 0 aliphatic carbocycles. The van der Waals surface area contributed by atoms with Crippen molar-refractivity contribution in [2.24, 2.45) is 5.92 Å². The quantitative estimate of drug-likeness (QED) is 0.550. The van der Waals surface area contributed by atoms with E-state index in [0.717, 1.165) is 11.1 Å². The lowest BCUT2D eigenvalue weighted by Crippen LogP contribution is -2.48. The van der Waals surface area contributed by atoms with Gasteiger partial charge in [0.1, 0.15) is 17.4 Å². The average molecular weight is 406 g/mol. The molecule has 0 fully saturated rings. The van der Waals surface area contributed by atoms with Crippen LogP contribution in [-0.4, -0.2) is 31.5 Å². The molecule has 0 radical (unpaired) electrons. The van der Waals surface area contributed by atoms with Crippen molar-refractivity contribution in [3.05, 3.63) is 48.5 Å². The zero-order chi connectivity index (χ0) is 21.1. The molecular formula is C21H27NO5S. The summed E-state index contributed by atoms with van der Waals surface area (Å²) in [5.74, 6) is -0.616. The van der Waals surface area contributed by atoms with E-state index in [-0.39, 0.29) is 11.7 Å². The fourth-order valence-electron chi connectivity index (χ4n) is 2.80. The molecule has 0 spiro atoms. The Bertz CT molecular complexity index is 825. The minimum Gasteiger partial charge on any atom is -0.508 e. The Balaban J connectivity index is 2.37. The molecule has 0 amide bonds. The Morgan fingerprint density at radius 3 is 1.86 bits per heavy atom. The largest absolute Gasteiger partial charge is 0.508 e. The highest BCUT2D eigenvalue weighted by molar-refractivity contribution is 7.80. The minimum absolute atomic E-state index is 0.180. The maximum Gasteiger partial charge on any atom is 0.330 e. The highest BCUT2D eigenvalue weighted by Crippen LogP contribution is 2.29. The van der Waals surface area contributed by atoms with Gasteiger partial charge in [-0.25, -0.2) is 9.00 Å². The van der Waals surface area contributed by atoms with Crippen molar-refractivity contribution < 1.29 is 23.4 Å². The van der Waals surface area contributed by atoms with Crippen LogP contribution in [0.2, 0.25) is 0 Å². The Morgan fingerprint density at radius 1 is 1.00 bits per heavy atom. The Hall–Kier alpha value is -2.38. The zero-order valence-corrected chi connectivity index (χ0v) is 17.6. The summed E-state index contributed by atoms with van der Waals surface area (Å²) >= 11 is -2.41. The second-order valence-electron chi connectivity index (χ2n) is 7.87. The summed E-state index contributed by atoms with van der Waals surface area (Å²) in [5.41, 5.74) is 1.52. The van der Waals surface area contributed by atoms with Crippen LogP contribution in [0.5, 0.6) is 5.75 Å². The number of aromatic hydroxyl groups is 1. The molecule has 2 unspecified atom stereocenters. The number of anilines is 1. The molecule has 6 nitrogen and oxygen atoms in total. The smallest absolute Gasteiger partial charge is 0.330 e. The predicted octanol–water partition coefficient (Wildman–Crippen LogP) is 4.37. The van der Waals surface area contributed by atoms with Crippen molar-refractivity contribution in [3.8, 4) is 16.9 Å². The molecule has 0 bridgehead atoms. The summed E-state index contributed by atoms with van der Waals surface area (Å²) in [6.07, 6.45) is 0. The van der Waals surface area contributed by atoms with Crippen LogP contribution in [0.15, 0.2) is 48.5 Å². The van der Waals surface area contributed by atoms with Crippen molar-refractivity contribution in [1.29, 1.82) is 0 Å². The number of hydrogen-bond acceptors (Lipinski definition) is 4. The first-order valence-electron chi connectivity index (χ1n) is 9.02. The van der Waals surface area contributed by atoms with Gasteiger partial charge >= 0.3 is 5.97 Å². The van der Waals surface area contributed by atoms with E-state index in [4.69, 9.17) is 4.74 Å². The van der Waals surface area contributed by atoms with Gasteiger partial charge in [-0.05, 0) is 62.1 Å². The number of ether oxygens (including phenoxy) is 1. The lowest BCUT2D eigenvalue weighted by molar-refractivity contribution is -0.157. The zero-order valence-electron chi connectivity index (χ0n) is 16.7. The standard InChI is InChI=1S/C21H27NO5S/c1-14(2)19(20(24)27-21(3,4)5)22(28(25)26)17-10-6-15(7-11-17)16-8-12-18(23)13-9-16/h6-14,19,23H,1-5H3,(H,25,26). The molecule has 0 aliphatic heterocycles. The Labute approximate surface area is 168 Å². The maximum atomic E-state index is 12.7. The highest BCUT2D eigenvalue weighted by Gasteiger charge is 2.36. The summed E-state index contributed by atoms with van der Waals surface area (Å²) in [5, 5.41) is 9.42. The fourth-order valence-corrected chi connectivity index (χ4v) is 3.63. The third kappa shape index (κ3) is 5.56. The molecule has 2 aromatic carbocycles. The monoisotopic (exact) mass is 405 g/mol. The van der Waals surface area contributed by atoms with Crippen molar-refractivity contribution in [3.63, 3.8) is 0 Å². The first-order valence-corrected chi connectivity index (χ1v) is 10.1. The lowest BCUT2D eigenvalue weighted by atomic mass is 10.0. The number of phenols is 1. The van der Waals surface area contributed by atoms with E-state index in [1.165, 1.54) is 4.31 Å². The van der Waals surface area contributed by atoms with Gasteiger partial charge in [-0.2, -0.15) is 0 Å². The van der Waals surface area contributed by atoms with Crippen LogP contribution >= 0.6 is 0 Å². The van der Waals surface area contributed by atoms with E-state index in [0.29, 0.717) is 5.69 Å². The number of carbonyl (C=O) groups excluding carboxylic acids is 1. The van der Waals surface area contributed by atoms with Gasteiger partial charge in [0.2, 0.25) is 0 Å². The third-order valence-electron chi connectivity index (χ3n) is 4.02. The van der Waals surface area contributed by atoms with Crippen LogP contribution < -0.4 is 4.31 Å². The molecule has 0 aromatic heterocycles. The SMILES string of the molecule is CC(C)C(C(=O)OC(C)(C)C)N(c1ccc(-c2ccc(O)cc2)cc1)S(=O)O. The number of phenolic OH excluding ortho intramolecular Hbond substituents is 1. The molecule has 0 aliphatic rings. The molecule has 0 saturated carbocycles. The molecule has 152 valence electrons. The minimum atomic E-state index is -2.41. The second-order valence-corrected chi connectivity index (χ2v) is 8.73. The van der Waals surface area contributed by atoms with Crippen LogP contribution in [-0.2, 0) is 20.8 Å². The van der Waals surface area contributed by atoms with Crippen LogP contribution in [0.3, 0.4) is 0 Å². The number of carbonyl (C=O) groups is 1. The van der Waals surface area contributed by atoms with E-state index < -0.39 is 28.9 Å². The summed E-state index contributed by atoms with van der Waals surface area (Å²) in [6.45, 7) is 8.89. The lowest BCUT2D eigenvalue weighted by Gasteiger charge is -2.33. The third-order valence-corrected chi connectivity index (χ3v) is 4.80. The number of esters is 1. The van der Waals surface area contributed by atoms with Gasteiger partial charge in [0.25, 0.3) is 11.3 Å². The first kappa shape index (κ1) is 21.9. The molecule has 2 rings (SSSR count). The second kappa shape index (κ2) is 8.75. The first-order chi connectivity index (χ1) is 13.0.